The number of carbonyl (C=O) groups is 2. The average Bonchev–Trinajstić information content (AvgIpc) is 3.43. The molecule has 1 unspecified atom stereocenters. The van der Waals surface area contributed by atoms with Gasteiger partial charge in [-0.05, 0) is 30.3 Å². The van der Waals surface area contributed by atoms with E-state index in [9.17, 15) is 19.6 Å². The monoisotopic (exact) mass is 475 g/mol. The molecule has 0 spiro atoms. The molecule has 1 N–H and O–H groups in total. The van der Waals surface area contributed by atoms with Crippen LogP contribution in [0.1, 0.15) is 22.3 Å². The third-order valence-electron chi connectivity index (χ3n) is 6.51. The summed E-state index contributed by atoms with van der Waals surface area (Å²) in [4.78, 5) is 44.9. The molecule has 0 bridgehead atoms. The third-order valence-corrected chi connectivity index (χ3v) is 6.51. The van der Waals surface area contributed by atoms with Crippen molar-refractivity contribution in [3.8, 4) is 6.07 Å². The van der Waals surface area contributed by atoms with Crippen LogP contribution in [0.4, 0.5) is 10.5 Å². The molecule has 3 heterocycles. The fourth-order valence-corrected chi connectivity index (χ4v) is 4.62. The van der Waals surface area contributed by atoms with Crippen LogP contribution in [0.2, 0.25) is 0 Å². The molecule has 1 aromatic heterocycles. The maximum absolute atomic E-state index is 12.6. The number of benzene rings is 2. The highest BCUT2D eigenvalue weighted by Gasteiger charge is 2.35. The summed E-state index contributed by atoms with van der Waals surface area (Å²) in [5.41, 5.74) is 2.52. The van der Waals surface area contributed by atoms with Gasteiger partial charge < -0.3 is 14.1 Å². The molecule has 0 aliphatic carbocycles. The highest BCUT2D eigenvalue weighted by Crippen LogP contribution is 2.25. The maximum atomic E-state index is 12.6. The van der Waals surface area contributed by atoms with Gasteiger partial charge in [-0.1, -0.05) is 12.1 Å². The lowest BCUT2D eigenvalue weighted by Gasteiger charge is -2.35. The molecule has 5 rings (SSSR count). The number of ether oxygens (including phenoxy) is 1. The number of aromatic nitrogens is 1. The SMILES string of the molecule is N#Cc1ccccc1N1CC(CN2CCN(CCC(=O)c3ccc4[nH]c(=O)oc4c3)CC2)OC1=O. The molecule has 3 aromatic rings. The molecule has 1 amide bonds. The van der Waals surface area contributed by atoms with Crippen LogP contribution in [0.25, 0.3) is 11.1 Å². The summed E-state index contributed by atoms with van der Waals surface area (Å²) in [6.45, 7) is 4.97. The number of ketones is 1. The van der Waals surface area contributed by atoms with Crippen LogP contribution >= 0.6 is 0 Å². The smallest absolute Gasteiger partial charge is 0.417 e. The quantitative estimate of drug-likeness (QED) is 0.516. The minimum atomic E-state index is -0.533. The number of nitrogens with zero attached hydrogens (tertiary/aromatic N) is 4. The lowest BCUT2D eigenvalue weighted by molar-refractivity contribution is 0.0744. The Kier molecular flexibility index (Phi) is 6.35. The summed E-state index contributed by atoms with van der Waals surface area (Å²) in [5, 5.41) is 9.32. The number of H-pyrrole nitrogens is 1. The second-order valence-corrected chi connectivity index (χ2v) is 8.79. The summed E-state index contributed by atoms with van der Waals surface area (Å²) in [6.07, 6.45) is -0.300. The Labute approximate surface area is 201 Å². The van der Waals surface area contributed by atoms with E-state index in [-0.39, 0.29) is 11.9 Å². The number of hydrogen-bond donors (Lipinski definition) is 1. The Hall–Kier alpha value is -3.94. The van der Waals surface area contributed by atoms with E-state index in [0.717, 1.165) is 26.2 Å². The van der Waals surface area contributed by atoms with Crippen molar-refractivity contribution in [2.24, 2.45) is 0 Å². The Morgan fingerprint density at radius 3 is 2.66 bits per heavy atom. The van der Waals surface area contributed by atoms with Gasteiger partial charge in [-0.25, -0.2) is 9.59 Å². The van der Waals surface area contributed by atoms with Crippen molar-refractivity contribution in [2.45, 2.75) is 12.5 Å². The first-order valence-corrected chi connectivity index (χ1v) is 11.6. The number of para-hydroxylation sites is 1. The number of fused-ring (bicyclic) bond motifs is 1. The van der Waals surface area contributed by atoms with E-state index in [1.54, 1.807) is 42.5 Å². The zero-order valence-corrected chi connectivity index (χ0v) is 19.1. The van der Waals surface area contributed by atoms with E-state index in [1.807, 2.05) is 0 Å². The summed E-state index contributed by atoms with van der Waals surface area (Å²) in [5.74, 6) is -0.525. The average molecular weight is 476 g/mol. The number of aromatic amines is 1. The third kappa shape index (κ3) is 4.96. The zero-order chi connectivity index (χ0) is 24.4. The lowest BCUT2D eigenvalue weighted by Crippen LogP contribution is -2.49. The normalized spacial score (nSPS) is 19.1. The molecule has 2 aliphatic heterocycles. The molecule has 2 saturated heterocycles. The topological polar surface area (TPSA) is 123 Å². The summed E-state index contributed by atoms with van der Waals surface area (Å²) in [7, 11) is 0. The Balaban J connectivity index is 1.09. The molecule has 0 saturated carbocycles. The fraction of sp³-hybridized carbons (Fsp3) is 0.360. The predicted molar refractivity (Wildman–Crippen MR) is 127 cm³/mol. The van der Waals surface area contributed by atoms with E-state index in [4.69, 9.17) is 9.15 Å². The highest BCUT2D eigenvalue weighted by atomic mass is 16.6. The van der Waals surface area contributed by atoms with Crippen molar-refractivity contribution in [3.05, 3.63) is 64.1 Å². The number of nitrogens with one attached hydrogen (secondary N) is 1. The van der Waals surface area contributed by atoms with Gasteiger partial charge in [0.2, 0.25) is 0 Å². The zero-order valence-electron chi connectivity index (χ0n) is 19.1. The molecule has 2 aromatic carbocycles. The van der Waals surface area contributed by atoms with Crippen molar-refractivity contribution in [1.29, 1.82) is 5.26 Å². The number of anilines is 1. The van der Waals surface area contributed by atoms with Crippen molar-refractivity contribution >= 4 is 28.7 Å². The number of Topliss-reactive ketones (excluding diaryl/α,β-unsaturated/α-hetero) is 1. The van der Waals surface area contributed by atoms with E-state index in [1.165, 1.54) is 4.90 Å². The van der Waals surface area contributed by atoms with Gasteiger partial charge in [0.25, 0.3) is 0 Å². The van der Waals surface area contributed by atoms with E-state index in [0.29, 0.717) is 54.0 Å². The summed E-state index contributed by atoms with van der Waals surface area (Å²) in [6, 6.07) is 14.1. The van der Waals surface area contributed by atoms with Crippen molar-refractivity contribution in [2.75, 3.05) is 50.7 Å². The Morgan fingerprint density at radius 1 is 1.09 bits per heavy atom. The molecule has 1 atom stereocenters. The van der Waals surface area contributed by atoms with E-state index >= 15 is 0 Å². The number of nitriles is 1. The molecule has 2 aliphatic rings. The second-order valence-electron chi connectivity index (χ2n) is 8.79. The van der Waals surface area contributed by atoms with E-state index < -0.39 is 11.8 Å². The molecule has 0 radical (unpaired) electrons. The van der Waals surface area contributed by atoms with Crippen LogP contribution in [0, 0.1) is 11.3 Å². The maximum Gasteiger partial charge on any atom is 0.417 e. The van der Waals surface area contributed by atoms with Crippen LogP contribution in [-0.2, 0) is 4.74 Å². The number of hydrogen-bond acceptors (Lipinski definition) is 8. The van der Waals surface area contributed by atoms with Gasteiger partial charge in [-0.2, -0.15) is 5.26 Å². The van der Waals surface area contributed by atoms with Crippen molar-refractivity contribution in [1.82, 2.24) is 14.8 Å². The van der Waals surface area contributed by atoms with E-state index in [2.05, 4.69) is 20.9 Å². The molecule has 35 heavy (non-hydrogen) atoms. The van der Waals surface area contributed by atoms with Gasteiger partial charge >= 0.3 is 11.8 Å². The first kappa shape index (κ1) is 22.8. The molecular weight excluding hydrogens is 450 g/mol. The van der Waals surface area contributed by atoms with Crippen LogP contribution in [-0.4, -0.2) is 78.6 Å². The van der Waals surface area contributed by atoms with Crippen molar-refractivity contribution < 1.29 is 18.7 Å². The van der Waals surface area contributed by atoms with Crippen molar-refractivity contribution in [3.63, 3.8) is 0 Å². The van der Waals surface area contributed by atoms with Crippen LogP contribution in [0.5, 0.6) is 0 Å². The fourth-order valence-electron chi connectivity index (χ4n) is 4.62. The number of carbonyl (C=O) groups excluding carboxylic acids is 2. The second kappa shape index (κ2) is 9.74. The molecule has 2 fully saturated rings. The standard InChI is InChI=1S/C25H25N5O5/c26-14-18-3-1-2-4-21(18)30-16-19(34-25(30)33)15-29-11-9-28(10-12-29)8-7-22(31)17-5-6-20-23(13-17)35-24(32)27-20/h1-6,13,19H,7-12,15-16H2,(H,27,32). The first-order chi connectivity index (χ1) is 17.0. The summed E-state index contributed by atoms with van der Waals surface area (Å²) < 4.78 is 10.6. The number of piperazine rings is 1. The number of cyclic esters (lactones) is 1. The van der Waals surface area contributed by atoms with Gasteiger partial charge in [0.05, 0.1) is 23.3 Å². The molecule has 10 nitrogen and oxygen atoms in total. The van der Waals surface area contributed by atoms with Crippen LogP contribution in [0.3, 0.4) is 0 Å². The molecular formula is C25H25N5O5. The van der Waals surface area contributed by atoms with Gasteiger partial charge in [0, 0.05) is 51.3 Å². The van der Waals surface area contributed by atoms with Crippen LogP contribution < -0.4 is 10.7 Å². The molecule has 180 valence electrons. The number of amides is 1. The minimum Gasteiger partial charge on any atom is -0.443 e. The van der Waals surface area contributed by atoms with Gasteiger partial charge in [-0.3, -0.25) is 19.6 Å². The number of oxazole rings is 1. The Bertz CT molecular complexity index is 1350. The first-order valence-electron chi connectivity index (χ1n) is 11.6. The number of rotatable bonds is 7. The largest absolute Gasteiger partial charge is 0.443 e. The van der Waals surface area contributed by atoms with Gasteiger partial charge in [0.15, 0.2) is 11.4 Å². The van der Waals surface area contributed by atoms with Crippen LogP contribution in [0.15, 0.2) is 51.7 Å². The summed E-state index contributed by atoms with van der Waals surface area (Å²) >= 11 is 0. The highest BCUT2D eigenvalue weighted by molar-refractivity contribution is 5.98. The molecule has 10 heteroatoms. The Morgan fingerprint density at radius 2 is 1.86 bits per heavy atom. The lowest BCUT2D eigenvalue weighted by atomic mass is 10.1. The minimum absolute atomic E-state index is 0.00814. The van der Waals surface area contributed by atoms with Gasteiger partial charge in [0.1, 0.15) is 12.2 Å². The predicted octanol–water partition coefficient (Wildman–Crippen LogP) is 2.21. The van der Waals surface area contributed by atoms with Gasteiger partial charge in [-0.15, -0.1) is 0 Å².